The summed E-state index contributed by atoms with van der Waals surface area (Å²) in [7, 11) is 1.88. The van der Waals surface area contributed by atoms with Crippen LogP contribution in [0.5, 0.6) is 0 Å². The lowest BCUT2D eigenvalue weighted by molar-refractivity contribution is -0.150. The van der Waals surface area contributed by atoms with Crippen LogP contribution >= 0.6 is 11.3 Å². The predicted octanol–water partition coefficient (Wildman–Crippen LogP) is 3.52. The van der Waals surface area contributed by atoms with Crippen LogP contribution in [-0.2, 0) is 11.8 Å². The van der Waals surface area contributed by atoms with E-state index in [1.807, 2.05) is 17.8 Å². The summed E-state index contributed by atoms with van der Waals surface area (Å²) in [5.74, 6) is -0.705. The Labute approximate surface area is 151 Å². The van der Waals surface area contributed by atoms with Gasteiger partial charge in [0, 0.05) is 19.0 Å². The van der Waals surface area contributed by atoms with E-state index >= 15 is 0 Å². The summed E-state index contributed by atoms with van der Waals surface area (Å²) in [6.07, 6.45) is 4.17. The van der Waals surface area contributed by atoms with E-state index < -0.39 is 11.4 Å². The minimum atomic E-state index is -0.810. The van der Waals surface area contributed by atoms with E-state index in [0.717, 1.165) is 35.2 Å². The van der Waals surface area contributed by atoms with Crippen LogP contribution in [-0.4, -0.2) is 33.3 Å². The van der Waals surface area contributed by atoms with Gasteiger partial charge in [-0.15, -0.1) is 11.3 Å². The van der Waals surface area contributed by atoms with Gasteiger partial charge in [-0.1, -0.05) is 33.1 Å². The molecule has 0 radical (unpaired) electrons. The molecule has 2 heterocycles. The molecule has 7 heteroatoms. The molecular formula is C18H25N3O3S. The van der Waals surface area contributed by atoms with Gasteiger partial charge >= 0.3 is 5.97 Å². The molecule has 0 aliphatic heterocycles. The van der Waals surface area contributed by atoms with Crippen LogP contribution in [0, 0.1) is 5.41 Å². The molecule has 2 aromatic heterocycles. The zero-order valence-electron chi connectivity index (χ0n) is 15.0. The first kappa shape index (κ1) is 17.9. The second kappa shape index (κ2) is 6.78. The van der Waals surface area contributed by atoms with Crippen molar-refractivity contribution in [1.29, 1.82) is 0 Å². The second-order valence-electron chi connectivity index (χ2n) is 7.32. The van der Waals surface area contributed by atoms with Crippen LogP contribution in [0.3, 0.4) is 0 Å². The minimum absolute atomic E-state index is 0.192. The third kappa shape index (κ3) is 3.29. The van der Waals surface area contributed by atoms with Gasteiger partial charge in [0.05, 0.1) is 16.0 Å². The number of amides is 1. The maximum Gasteiger partial charge on any atom is 0.311 e. The molecule has 1 amide bonds. The van der Waals surface area contributed by atoms with Crippen molar-refractivity contribution < 1.29 is 14.7 Å². The van der Waals surface area contributed by atoms with Crippen molar-refractivity contribution in [3.05, 3.63) is 16.6 Å². The van der Waals surface area contributed by atoms with Crippen LogP contribution in [0.1, 0.15) is 67.2 Å². The molecule has 1 aliphatic rings. The number of hydrogen-bond acceptors (Lipinski definition) is 4. The summed E-state index contributed by atoms with van der Waals surface area (Å²) >= 11 is 1.41. The van der Waals surface area contributed by atoms with Crippen molar-refractivity contribution in [2.24, 2.45) is 12.5 Å². The summed E-state index contributed by atoms with van der Waals surface area (Å²) in [6.45, 7) is 4.36. The van der Waals surface area contributed by atoms with Gasteiger partial charge in [-0.25, -0.2) is 0 Å². The number of carbonyl (C=O) groups excluding carboxylic acids is 1. The van der Waals surface area contributed by atoms with E-state index in [0.29, 0.717) is 17.7 Å². The van der Waals surface area contributed by atoms with Crippen molar-refractivity contribution in [3.8, 4) is 0 Å². The van der Waals surface area contributed by atoms with Crippen molar-refractivity contribution in [1.82, 2.24) is 15.1 Å². The van der Waals surface area contributed by atoms with E-state index in [-0.39, 0.29) is 18.4 Å². The molecule has 136 valence electrons. The van der Waals surface area contributed by atoms with Crippen LogP contribution in [0.25, 0.3) is 10.2 Å². The lowest BCUT2D eigenvalue weighted by Crippen LogP contribution is -2.44. The third-order valence-corrected chi connectivity index (χ3v) is 6.36. The highest BCUT2D eigenvalue weighted by molar-refractivity contribution is 7.20. The van der Waals surface area contributed by atoms with Crippen LogP contribution in [0.2, 0.25) is 0 Å². The molecule has 3 rings (SSSR count). The maximum absolute atomic E-state index is 12.6. The van der Waals surface area contributed by atoms with Gasteiger partial charge in [-0.2, -0.15) is 5.10 Å². The molecule has 1 saturated carbocycles. The monoisotopic (exact) mass is 363 g/mol. The van der Waals surface area contributed by atoms with E-state index in [4.69, 9.17) is 0 Å². The normalized spacial score (nSPS) is 17.1. The Morgan fingerprint density at radius 1 is 1.36 bits per heavy atom. The van der Waals surface area contributed by atoms with Crippen LogP contribution < -0.4 is 5.32 Å². The van der Waals surface area contributed by atoms with Gasteiger partial charge in [-0.05, 0) is 24.8 Å². The Balaban J connectivity index is 1.78. The van der Waals surface area contributed by atoms with Gasteiger partial charge in [-0.3, -0.25) is 14.3 Å². The molecule has 0 saturated heterocycles. The molecular weight excluding hydrogens is 338 g/mol. The number of carbonyl (C=O) groups is 2. The quantitative estimate of drug-likeness (QED) is 0.851. The van der Waals surface area contributed by atoms with Gasteiger partial charge in [0.1, 0.15) is 4.83 Å². The van der Waals surface area contributed by atoms with Crippen molar-refractivity contribution in [2.45, 2.75) is 51.9 Å². The fourth-order valence-electron chi connectivity index (χ4n) is 3.64. The highest BCUT2D eigenvalue weighted by Crippen LogP contribution is 2.36. The second-order valence-corrected chi connectivity index (χ2v) is 8.35. The number of carboxylic acid groups (broad SMARTS) is 1. The van der Waals surface area contributed by atoms with E-state index in [2.05, 4.69) is 24.3 Å². The summed E-state index contributed by atoms with van der Waals surface area (Å²) in [5, 5.41) is 18.0. The Bertz CT molecular complexity index is 800. The molecule has 0 bridgehead atoms. The number of nitrogens with zero attached hydrogens (tertiary/aromatic N) is 2. The molecule has 0 spiro atoms. The number of aryl methyl sites for hydroxylation is 1. The number of thiophene rings is 1. The Morgan fingerprint density at radius 3 is 2.64 bits per heavy atom. The number of fused-ring (bicyclic) bond motifs is 1. The predicted molar refractivity (Wildman–Crippen MR) is 98.2 cm³/mol. The van der Waals surface area contributed by atoms with Gasteiger partial charge in [0.15, 0.2) is 0 Å². The highest BCUT2D eigenvalue weighted by Gasteiger charge is 2.40. The lowest BCUT2D eigenvalue weighted by atomic mass is 9.74. The fourth-order valence-corrected chi connectivity index (χ4v) is 4.63. The smallest absolute Gasteiger partial charge is 0.311 e. The number of nitrogens with one attached hydrogen (secondary N) is 1. The van der Waals surface area contributed by atoms with Crippen molar-refractivity contribution in [3.63, 3.8) is 0 Å². The first-order chi connectivity index (χ1) is 11.8. The molecule has 25 heavy (non-hydrogen) atoms. The first-order valence-corrected chi connectivity index (χ1v) is 9.64. The van der Waals surface area contributed by atoms with Gasteiger partial charge in [0.2, 0.25) is 0 Å². The molecule has 1 aliphatic carbocycles. The van der Waals surface area contributed by atoms with E-state index in [1.54, 1.807) is 0 Å². The SMILES string of the molecule is CC(C)c1nn(C)c2sc(C(=O)NCC3(C(=O)O)CCCCC3)cc12. The molecule has 0 aromatic carbocycles. The standard InChI is InChI=1S/C18H25N3O3S/c1-11(2)14-12-9-13(25-16(12)21(3)20-14)15(22)19-10-18(17(23)24)7-5-4-6-8-18/h9,11H,4-8,10H2,1-3H3,(H,19,22)(H,23,24). The molecule has 1 fully saturated rings. The number of carboxylic acids is 1. The Morgan fingerprint density at radius 2 is 2.04 bits per heavy atom. The van der Waals surface area contributed by atoms with Crippen LogP contribution in [0.4, 0.5) is 0 Å². The van der Waals surface area contributed by atoms with Crippen molar-refractivity contribution in [2.75, 3.05) is 6.54 Å². The molecule has 6 nitrogen and oxygen atoms in total. The number of aliphatic carboxylic acids is 1. The first-order valence-electron chi connectivity index (χ1n) is 8.82. The largest absolute Gasteiger partial charge is 0.481 e. The summed E-state index contributed by atoms with van der Waals surface area (Å²) < 4.78 is 1.81. The molecule has 0 atom stereocenters. The number of rotatable bonds is 5. The average Bonchev–Trinajstić information content (AvgIpc) is 3.14. The van der Waals surface area contributed by atoms with E-state index in [1.165, 1.54) is 11.3 Å². The number of hydrogen-bond donors (Lipinski definition) is 2. The zero-order valence-corrected chi connectivity index (χ0v) is 15.8. The number of aromatic nitrogens is 2. The van der Waals surface area contributed by atoms with Gasteiger partial charge in [0.25, 0.3) is 5.91 Å². The Hall–Kier alpha value is -1.89. The molecule has 0 unspecified atom stereocenters. The fraction of sp³-hybridized carbons (Fsp3) is 0.611. The molecule has 2 N–H and O–H groups in total. The maximum atomic E-state index is 12.6. The summed E-state index contributed by atoms with van der Waals surface area (Å²) in [4.78, 5) is 25.9. The average molecular weight is 363 g/mol. The minimum Gasteiger partial charge on any atom is -0.481 e. The lowest BCUT2D eigenvalue weighted by Gasteiger charge is -2.33. The topological polar surface area (TPSA) is 84.2 Å². The Kier molecular flexibility index (Phi) is 4.86. The van der Waals surface area contributed by atoms with Gasteiger partial charge < -0.3 is 10.4 Å². The van der Waals surface area contributed by atoms with E-state index in [9.17, 15) is 14.7 Å². The summed E-state index contributed by atoms with van der Waals surface area (Å²) in [5.41, 5.74) is 0.178. The highest BCUT2D eigenvalue weighted by atomic mass is 32.1. The van der Waals surface area contributed by atoms with Crippen LogP contribution in [0.15, 0.2) is 6.07 Å². The third-order valence-electron chi connectivity index (χ3n) is 5.16. The zero-order chi connectivity index (χ0) is 18.2. The molecule has 2 aromatic rings. The van der Waals surface area contributed by atoms with Crippen molar-refractivity contribution >= 4 is 33.4 Å². The summed E-state index contributed by atoms with van der Waals surface area (Å²) in [6, 6.07) is 1.88.